The number of aromatic nitrogens is 2. The molecule has 7 nitrogen and oxygen atoms in total. The van der Waals surface area contributed by atoms with Gasteiger partial charge in [0.15, 0.2) is 17.3 Å². The molecule has 1 aromatic heterocycles. The van der Waals surface area contributed by atoms with E-state index in [1.165, 1.54) is 0 Å². The number of carbonyl (C=O) groups is 2. The third-order valence-electron chi connectivity index (χ3n) is 5.63. The summed E-state index contributed by atoms with van der Waals surface area (Å²) in [5.74, 6) is -4.34. The van der Waals surface area contributed by atoms with Crippen LogP contribution < -0.4 is 10.6 Å². The summed E-state index contributed by atoms with van der Waals surface area (Å²) in [5, 5.41) is 5.49. The van der Waals surface area contributed by atoms with Crippen LogP contribution in [0.3, 0.4) is 0 Å². The molecule has 0 aliphatic carbocycles. The lowest BCUT2D eigenvalue weighted by Crippen LogP contribution is -2.53. The van der Waals surface area contributed by atoms with Gasteiger partial charge < -0.3 is 20.1 Å². The minimum Gasteiger partial charge on any atom is -0.355 e. The number of likely N-dealkylation sites (N-methyl/N-ethyl adjacent to an activating group) is 1. The second kappa shape index (κ2) is 9.54. The SMILES string of the molecule is CCNC(=O)[C@@H](NC(=O)c1nc(-c2cc(F)c(F)cc2F)n2c1CN(C)CCC2)C(C)(C)C. The molecule has 1 atom stereocenters. The second-order valence-corrected chi connectivity index (χ2v) is 9.39. The predicted octanol–water partition coefficient (Wildman–Crippen LogP) is 3.08. The number of amides is 2. The normalized spacial score (nSPS) is 15.5. The van der Waals surface area contributed by atoms with Crippen LogP contribution in [0.25, 0.3) is 11.4 Å². The number of carbonyl (C=O) groups excluding carboxylic acids is 2. The molecule has 0 bridgehead atoms. The van der Waals surface area contributed by atoms with Crippen LogP contribution >= 0.6 is 0 Å². The van der Waals surface area contributed by atoms with Gasteiger partial charge in [-0.05, 0) is 38.4 Å². The molecule has 2 heterocycles. The average molecular weight is 466 g/mol. The maximum absolute atomic E-state index is 14.6. The number of nitrogens with one attached hydrogen (secondary N) is 2. The minimum absolute atomic E-state index is 0.0291. The van der Waals surface area contributed by atoms with Crippen molar-refractivity contribution in [3.63, 3.8) is 0 Å². The summed E-state index contributed by atoms with van der Waals surface area (Å²) in [6.45, 7) is 9.18. The first kappa shape index (κ1) is 24.8. The highest BCUT2D eigenvalue weighted by Gasteiger charge is 2.35. The van der Waals surface area contributed by atoms with Crippen molar-refractivity contribution in [2.45, 2.75) is 53.2 Å². The number of halogens is 3. The molecule has 1 aliphatic heterocycles. The Morgan fingerprint density at radius 3 is 2.42 bits per heavy atom. The van der Waals surface area contributed by atoms with Crippen molar-refractivity contribution in [2.24, 2.45) is 5.41 Å². The molecule has 2 aromatic rings. The Balaban J connectivity index is 2.09. The van der Waals surface area contributed by atoms with Crippen molar-refractivity contribution in [1.82, 2.24) is 25.1 Å². The summed E-state index contributed by atoms with van der Waals surface area (Å²) in [7, 11) is 1.88. The number of hydrogen-bond donors (Lipinski definition) is 2. The fourth-order valence-corrected chi connectivity index (χ4v) is 3.95. The molecular formula is C23H30F3N5O2. The molecule has 0 spiro atoms. The average Bonchev–Trinajstić information content (AvgIpc) is 2.94. The van der Waals surface area contributed by atoms with Crippen LogP contribution in [0, 0.1) is 22.9 Å². The zero-order valence-corrected chi connectivity index (χ0v) is 19.6. The summed E-state index contributed by atoms with van der Waals surface area (Å²) in [5.41, 5.74) is -0.260. The first-order valence-electron chi connectivity index (χ1n) is 11.0. The summed E-state index contributed by atoms with van der Waals surface area (Å²) in [6, 6.07) is 0.386. The van der Waals surface area contributed by atoms with Crippen molar-refractivity contribution in [2.75, 3.05) is 20.1 Å². The molecule has 1 aromatic carbocycles. The van der Waals surface area contributed by atoms with Gasteiger partial charge in [-0.1, -0.05) is 20.8 Å². The van der Waals surface area contributed by atoms with Gasteiger partial charge in [0.05, 0.1) is 11.3 Å². The molecule has 2 amide bonds. The first-order chi connectivity index (χ1) is 15.4. The lowest BCUT2D eigenvalue weighted by Gasteiger charge is -2.30. The van der Waals surface area contributed by atoms with E-state index in [0.29, 0.717) is 37.8 Å². The summed E-state index contributed by atoms with van der Waals surface area (Å²) in [4.78, 5) is 32.3. The largest absolute Gasteiger partial charge is 0.355 e. The molecule has 0 radical (unpaired) electrons. The summed E-state index contributed by atoms with van der Waals surface area (Å²) < 4.78 is 43.7. The van der Waals surface area contributed by atoms with Gasteiger partial charge in [-0.15, -0.1) is 0 Å². The Bertz CT molecular complexity index is 1060. The molecule has 2 N–H and O–H groups in total. The Hall–Kier alpha value is -2.88. The predicted molar refractivity (Wildman–Crippen MR) is 118 cm³/mol. The van der Waals surface area contributed by atoms with Gasteiger partial charge in [0, 0.05) is 25.7 Å². The monoisotopic (exact) mass is 465 g/mol. The quantitative estimate of drug-likeness (QED) is 0.666. The van der Waals surface area contributed by atoms with Crippen LogP contribution in [0.2, 0.25) is 0 Å². The van der Waals surface area contributed by atoms with Gasteiger partial charge in [-0.25, -0.2) is 18.2 Å². The fourth-order valence-electron chi connectivity index (χ4n) is 3.95. The third kappa shape index (κ3) is 5.21. The van der Waals surface area contributed by atoms with E-state index in [9.17, 15) is 22.8 Å². The number of hydrogen-bond acceptors (Lipinski definition) is 4. The second-order valence-electron chi connectivity index (χ2n) is 9.39. The number of nitrogens with zero attached hydrogens (tertiary/aromatic N) is 3. The third-order valence-corrected chi connectivity index (χ3v) is 5.63. The zero-order chi connectivity index (χ0) is 24.5. The Morgan fingerprint density at radius 1 is 1.12 bits per heavy atom. The van der Waals surface area contributed by atoms with Crippen molar-refractivity contribution in [3.8, 4) is 11.4 Å². The minimum atomic E-state index is -1.30. The van der Waals surface area contributed by atoms with Crippen LogP contribution in [0.4, 0.5) is 13.2 Å². The lowest BCUT2D eigenvalue weighted by atomic mass is 9.86. The van der Waals surface area contributed by atoms with Crippen molar-refractivity contribution < 1.29 is 22.8 Å². The van der Waals surface area contributed by atoms with Crippen molar-refractivity contribution in [3.05, 3.63) is 41.0 Å². The molecule has 0 unspecified atom stereocenters. The van der Waals surface area contributed by atoms with Crippen LogP contribution in [0.1, 0.15) is 50.3 Å². The van der Waals surface area contributed by atoms with Gasteiger partial charge in [0.2, 0.25) is 5.91 Å². The molecule has 180 valence electrons. The molecular weight excluding hydrogens is 435 g/mol. The van der Waals surface area contributed by atoms with E-state index < -0.39 is 34.8 Å². The van der Waals surface area contributed by atoms with E-state index in [2.05, 4.69) is 15.6 Å². The Kier molecular flexibility index (Phi) is 7.16. The van der Waals surface area contributed by atoms with E-state index in [1.807, 2.05) is 32.7 Å². The Morgan fingerprint density at radius 2 is 1.79 bits per heavy atom. The van der Waals surface area contributed by atoms with Gasteiger partial charge in [-0.3, -0.25) is 9.59 Å². The number of rotatable bonds is 5. The molecule has 0 fully saturated rings. The Labute approximate surface area is 191 Å². The topological polar surface area (TPSA) is 79.3 Å². The molecule has 1 aliphatic rings. The van der Waals surface area contributed by atoms with E-state index in [4.69, 9.17) is 0 Å². The van der Waals surface area contributed by atoms with Gasteiger partial charge in [0.1, 0.15) is 17.7 Å². The molecule has 0 saturated heterocycles. The van der Waals surface area contributed by atoms with Gasteiger partial charge >= 0.3 is 0 Å². The summed E-state index contributed by atoms with van der Waals surface area (Å²) in [6.07, 6.45) is 0.697. The highest BCUT2D eigenvalue weighted by molar-refractivity contribution is 5.98. The lowest BCUT2D eigenvalue weighted by molar-refractivity contribution is -0.125. The molecule has 10 heteroatoms. The standard InChI is InChI=1S/C23H30F3N5O2/c1-6-27-22(33)19(23(2,3)4)29-21(32)18-17-12-30(5)8-7-9-31(17)20(28-18)13-10-15(25)16(26)11-14(13)24/h10-11,19H,6-9,12H2,1-5H3,(H,27,33)(H,29,32)/t19-/m1/s1. The maximum Gasteiger partial charge on any atom is 0.272 e. The fraction of sp³-hybridized carbons (Fsp3) is 0.522. The molecule has 3 rings (SSSR count). The van der Waals surface area contributed by atoms with E-state index in [1.54, 1.807) is 11.5 Å². The highest BCUT2D eigenvalue weighted by atomic mass is 19.2. The first-order valence-corrected chi connectivity index (χ1v) is 11.0. The van der Waals surface area contributed by atoms with Crippen LogP contribution in [-0.4, -0.2) is 52.4 Å². The van der Waals surface area contributed by atoms with Crippen LogP contribution in [0.5, 0.6) is 0 Å². The maximum atomic E-state index is 14.6. The van der Waals surface area contributed by atoms with E-state index in [-0.39, 0.29) is 23.0 Å². The van der Waals surface area contributed by atoms with Gasteiger partial charge in [0.25, 0.3) is 5.91 Å². The molecule has 0 saturated carbocycles. The number of imidazole rings is 1. The van der Waals surface area contributed by atoms with Gasteiger partial charge in [-0.2, -0.15) is 0 Å². The van der Waals surface area contributed by atoms with Crippen molar-refractivity contribution >= 4 is 11.8 Å². The highest BCUT2D eigenvalue weighted by Crippen LogP contribution is 2.30. The zero-order valence-electron chi connectivity index (χ0n) is 19.6. The number of fused-ring (bicyclic) bond motifs is 1. The summed E-state index contributed by atoms with van der Waals surface area (Å²) >= 11 is 0. The van der Waals surface area contributed by atoms with E-state index >= 15 is 0 Å². The van der Waals surface area contributed by atoms with Crippen LogP contribution in [0.15, 0.2) is 12.1 Å². The number of benzene rings is 1. The molecule has 33 heavy (non-hydrogen) atoms. The smallest absolute Gasteiger partial charge is 0.272 e. The van der Waals surface area contributed by atoms with Crippen molar-refractivity contribution in [1.29, 1.82) is 0 Å². The van der Waals surface area contributed by atoms with E-state index in [0.717, 1.165) is 12.6 Å². The van der Waals surface area contributed by atoms with Crippen LogP contribution in [-0.2, 0) is 17.9 Å².